The lowest BCUT2D eigenvalue weighted by molar-refractivity contribution is 0.258. The Morgan fingerprint density at radius 1 is 1.16 bits per heavy atom. The maximum absolute atomic E-state index is 9.20. The van der Waals surface area contributed by atoms with Crippen molar-refractivity contribution in [3.8, 4) is 6.07 Å². The number of piperidine rings is 1. The number of likely N-dealkylation sites (N-methyl/N-ethyl adjacent to an activating group) is 1. The smallest absolute Gasteiger partial charge is 0.183 e. The van der Waals surface area contributed by atoms with Crippen molar-refractivity contribution in [2.24, 2.45) is 11.1 Å². The molecule has 5 heterocycles. The molecule has 160 valence electrons. The second kappa shape index (κ2) is 7.35. The molecule has 3 N–H and O–H groups in total. The maximum Gasteiger partial charge on any atom is 0.183 e. The van der Waals surface area contributed by atoms with Crippen molar-refractivity contribution >= 4 is 34.3 Å². The number of nitrogens with one attached hydrogen (secondary N) is 1. The van der Waals surface area contributed by atoms with Crippen molar-refractivity contribution < 1.29 is 0 Å². The number of hydrogen-bond donors (Lipinski definition) is 2. The van der Waals surface area contributed by atoms with Crippen LogP contribution in [0, 0.1) is 16.7 Å². The number of H-pyrrole nitrogens is 1. The number of rotatable bonds is 3. The molecule has 10 nitrogen and oxygen atoms in total. The SMILES string of the molecule is CN1CCN(c2n[nH]c3nc(N4CCC(C)(CN)CC4)cnc23)c2ccc(C#N)nc21. The number of hydrogen-bond acceptors (Lipinski definition) is 9. The second-order valence-electron chi connectivity index (χ2n) is 8.70. The molecule has 0 spiro atoms. The minimum absolute atomic E-state index is 0.212. The molecular weight excluding hydrogens is 392 g/mol. The summed E-state index contributed by atoms with van der Waals surface area (Å²) in [4.78, 5) is 20.4. The van der Waals surface area contributed by atoms with Crippen LogP contribution in [0.1, 0.15) is 25.5 Å². The average Bonchev–Trinajstić information content (AvgIpc) is 3.23. The summed E-state index contributed by atoms with van der Waals surface area (Å²) in [6, 6.07) is 5.76. The first-order valence-corrected chi connectivity index (χ1v) is 10.6. The van der Waals surface area contributed by atoms with E-state index >= 15 is 0 Å². The van der Waals surface area contributed by atoms with Gasteiger partial charge in [-0.3, -0.25) is 5.10 Å². The Hall–Kier alpha value is -3.45. The van der Waals surface area contributed by atoms with Gasteiger partial charge in [-0.25, -0.2) is 15.0 Å². The monoisotopic (exact) mass is 418 g/mol. The molecule has 0 unspecified atom stereocenters. The third-order valence-electron chi connectivity index (χ3n) is 6.56. The van der Waals surface area contributed by atoms with E-state index in [2.05, 4.69) is 42.9 Å². The summed E-state index contributed by atoms with van der Waals surface area (Å²) in [7, 11) is 1.98. The summed E-state index contributed by atoms with van der Waals surface area (Å²) < 4.78 is 0. The first-order chi connectivity index (χ1) is 15.0. The van der Waals surface area contributed by atoms with Crippen LogP contribution in [0.4, 0.5) is 23.1 Å². The zero-order valence-corrected chi connectivity index (χ0v) is 17.8. The Bertz CT molecular complexity index is 1150. The van der Waals surface area contributed by atoms with Gasteiger partial charge in [0.05, 0.1) is 11.9 Å². The van der Waals surface area contributed by atoms with Crippen molar-refractivity contribution in [1.29, 1.82) is 5.26 Å². The Balaban J connectivity index is 1.45. The second-order valence-corrected chi connectivity index (χ2v) is 8.70. The summed E-state index contributed by atoms with van der Waals surface area (Å²) >= 11 is 0. The van der Waals surface area contributed by atoms with Gasteiger partial charge in [-0.05, 0) is 36.9 Å². The van der Waals surface area contributed by atoms with Crippen LogP contribution < -0.4 is 20.4 Å². The van der Waals surface area contributed by atoms with Gasteiger partial charge in [-0.1, -0.05) is 6.92 Å². The highest BCUT2D eigenvalue weighted by Gasteiger charge is 2.30. The quantitative estimate of drug-likeness (QED) is 0.654. The number of aromatic nitrogens is 5. The molecule has 2 aliphatic rings. The number of anilines is 4. The predicted molar refractivity (Wildman–Crippen MR) is 120 cm³/mol. The summed E-state index contributed by atoms with van der Waals surface area (Å²) in [6.07, 6.45) is 3.93. The Kier molecular flexibility index (Phi) is 4.63. The van der Waals surface area contributed by atoms with Crippen LogP contribution in [0.25, 0.3) is 11.2 Å². The van der Waals surface area contributed by atoms with Gasteiger partial charge in [0.1, 0.15) is 17.6 Å². The number of pyridine rings is 1. The molecule has 3 aromatic rings. The Labute approximate surface area is 180 Å². The predicted octanol–water partition coefficient (Wildman–Crippen LogP) is 1.77. The lowest BCUT2D eigenvalue weighted by Gasteiger charge is -2.39. The third-order valence-corrected chi connectivity index (χ3v) is 6.56. The molecule has 3 aromatic heterocycles. The molecule has 10 heteroatoms. The molecule has 0 aromatic carbocycles. The molecule has 0 aliphatic carbocycles. The van der Waals surface area contributed by atoms with Gasteiger partial charge in [-0.15, -0.1) is 0 Å². The lowest BCUT2D eigenvalue weighted by Crippen LogP contribution is -2.42. The molecule has 5 rings (SSSR count). The highest BCUT2D eigenvalue weighted by Crippen LogP contribution is 2.37. The highest BCUT2D eigenvalue weighted by atomic mass is 15.4. The van der Waals surface area contributed by atoms with E-state index < -0.39 is 0 Å². The van der Waals surface area contributed by atoms with Crippen molar-refractivity contribution in [3.63, 3.8) is 0 Å². The van der Waals surface area contributed by atoms with E-state index in [1.165, 1.54) is 0 Å². The molecule has 2 aliphatic heterocycles. The standard InChI is InChI=1S/C21H26N10/c1-21(13-23)5-7-30(8-6-21)16-12-24-17-18(26-16)27-28-20(17)31-10-9-29(2)19-15(31)4-3-14(11-22)25-19/h3-4,12H,5-10,13,23H2,1-2H3,(H,26,27,28). The minimum Gasteiger partial charge on any atom is -0.356 e. The van der Waals surface area contributed by atoms with Gasteiger partial charge in [0.15, 0.2) is 22.8 Å². The number of fused-ring (bicyclic) bond motifs is 2. The van der Waals surface area contributed by atoms with Gasteiger partial charge >= 0.3 is 0 Å². The third kappa shape index (κ3) is 3.31. The van der Waals surface area contributed by atoms with Crippen LogP contribution in [-0.2, 0) is 0 Å². The number of aromatic amines is 1. The lowest BCUT2D eigenvalue weighted by atomic mass is 9.80. The first kappa shape index (κ1) is 19.5. The zero-order valence-electron chi connectivity index (χ0n) is 17.8. The van der Waals surface area contributed by atoms with E-state index in [0.29, 0.717) is 17.9 Å². The van der Waals surface area contributed by atoms with Crippen LogP contribution in [0.3, 0.4) is 0 Å². The van der Waals surface area contributed by atoms with Gasteiger partial charge in [0.25, 0.3) is 0 Å². The van der Waals surface area contributed by atoms with Crippen molar-refractivity contribution in [2.45, 2.75) is 19.8 Å². The van der Waals surface area contributed by atoms with E-state index in [0.717, 1.165) is 67.7 Å². The van der Waals surface area contributed by atoms with Crippen LogP contribution in [0.5, 0.6) is 0 Å². The maximum atomic E-state index is 9.20. The largest absolute Gasteiger partial charge is 0.356 e. The molecule has 31 heavy (non-hydrogen) atoms. The number of nitrogens with zero attached hydrogens (tertiary/aromatic N) is 8. The van der Waals surface area contributed by atoms with Gasteiger partial charge < -0.3 is 20.4 Å². The highest BCUT2D eigenvalue weighted by molar-refractivity contribution is 5.89. The molecule has 1 fully saturated rings. The van der Waals surface area contributed by atoms with Gasteiger partial charge in [-0.2, -0.15) is 10.4 Å². The molecule has 0 bridgehead atoms. The summed E-state index contributed by atoms with van der Waals surface area (Å²) in [6.45, 7) is 6.32. The zero-order chi connectivity index (χ0) is 21.6. The van der Waals surface area contributed by atoms with E-state index in [-0.39, 0.29) is 5.41 Å². The average molecular weight is 419 g/mol. The van der Waals surface area contributed by atoms with E-state index in [1.807, 2.05) is 19.3 Å². The first-order valence-electron chi connectivity index (χ1n) is 10.6. The molecule has 0 saturated carbocycles. The normalized spacial score (nSPS) is 18.2. The van der Waals surface area contributed by atoms with Crippen LogP contribution >= 0.6 is 0 Å². The van der Waals surface area contributed by atoms with Crippen LogP contribution in [0.2, 0.25) is 0 Å². The molecular formula is C21H26N10. The fourth-order valence-electron chi connectivity index (χ4n) is 4.29. The van der Waals surface area contributed by atoms with Crippen LogP contribution in [-0.4, -0.2) is 64.9 Å². The molecule has 0 radical (unpaired) electrons. The van der Waals surface area contributed by atoms with E-state index in [4.69, 9.17) is 15.7 Å². The fourth-order valence-corrected chi connectivity index (χ4v) is 4.29. The molecule has 0 amide bonds. The van der Waals surface area contributed by atoms with E-state index in [9.17, 15) is 5.26 Å². The van der Waals surface area contributed by atoms with Gasteiger partial charge in [0, 0.05) is 33.2 Å². The summed E-state index contributed by atoms with van der Waals surface area (Å²) in [5.74, 6) is 2.35. The van der Waals surface area contributed by atoms with Crippen molar-refractivity contribution in [3.05, 3.63) is 24.0 Å². The Morgan fingerprint density at radius 2 is 1.97 bits per heavy atom. The number of nitriles is 1. The molecule has 0 atom stereocenters. The summed E-state index contributed by atoms with van der Waals surface area (Å²) in [5, 5.41) is 16.8. The topological polar surface area (TPSA) is 127 Å². The fraction of sp³-hybridized carbons (Fsp3) is 0.476. The van der Waals surface area contributed by atoms with E-state index in [1.54, 1.807) is 6.07 Å². The van der Waals surface area contributed by atoms with Crippen molar-refractivity contribution in [2.75, 3.05) is 54.5 Å². The van der Waals surface area contributed by atoms with Gasteiger partial charge in [0.2, 0.25) is 0 Å². The molecule has 1 saturated heterocycles. The minimum atomic E-state index is 0.212. The number of nitrogens with two attached hydrogens (primary N) is 1. The summed E-state index contributed by atoms with van der Waals surface area (Å²) in [5.41, 5.74) is 8.86. The van der Waals surface area contributed by atoms with Crippen LogP contribution in [0.15, 0.2) is 18.3 Å². The Morgan fingerprint density at radius 3 is 2.71 bits per heavy atom. The van der Waals surface area contributed by atoms with Crippen molar-refractivity contribution in [1.82, 2.24) is 25.1 Å².